The monoisotopic (exact) mass is 279 g/mol. The average molecular weight is 280 g/mol. The smallest absolute Gasteiger partial charge is 0.380 e. The topological polar surface area (TPSA) is 95.3 Å². The van der Waals surface area contributed by atoms with Gasteiger partial charge in [0.25, 0.3) is 0 Å². The van der Waals surface area contributed by atoms with Crippen molar-refractivity contribution in [3.05, 3.63) is 51.2 Å². The van der Waals surface area contributed by atoms with Gasteiger partial charge < -0.3 is 5.73 Å². The largest absolute Gasteiger partial charge is 0.393 e. The van der Waals surface area contributed by atoms with Gasteiger partial charge in [0.2, 0.25) is 0 Å². The first-order valence-electron chi connectivity index (χ1n) is 5.47. The number of nitrogens with zero attached hydrogens (tertiary/aromatic N) is 1. The number of rotatable bonds is 3. The van der Waals surface area contributed by atoms with Crippen LogP contribution in [-0.4, -0.2) is 4.92 Å². The van der Waals surface area contributed by atoms with Crippen LogP contribution >= 0.6 is 11.6 Å². The van der Waals surface area contributed by atoms with E-state index in [1.54, 1.807) is 0 Å². The zero-order chi connectivity index (χ0) is 14.0. The molecule has 0 unspecified atom stereocenters. The van der Waals surface area contributed by atoms with Crippen LogP contribution in [0.5, 0.6) is 0 Å². The number of benzene rings is 1. The lowest BCUT2D eigenvalue weighted by atomic mass is 10.2. The fraction of sp³-hybridized carbons (Fsp3) is 0.0833. The van der Waals surface area contributed by atoms with E-state index in [0.29, 0.717) is 5.69 Å². The van der Waals surface area contributed by atoms with Crippen LogP contribution in [0.4, 0.5) is 22.9 Å². The second kappa shape index (κ2) is 5.11. The highest BCUT2D eigenvalue weighted by Crippen LogP contribution is 2.30. The first-order valence-corrected chi connectivity index (χ1v) is 5.84. The molecule has 2 rings (SSSR count). The van der Waals surface area contributed by atoms with Gasteiger partial charge in [-0.2, -0.15) is 0 Å². The number of nitrogen functional groups attached to an aromatic ring is 1. The summed E-state index contributed by atoms with van der Waals surface area (Å²) >= 11 is 5.82. The summed E-state index contributed by atoms with van der Waals surface area (Å²) in [7, 11) is 0. The maximum Gasteiger partial charge on any atom is 0.380 e. The molecule has 0 aliphatic heterocycles. The van der Waals surface area contributed by atoms with Crippen LogP contribution in [0.25, 0.3) is 0 Å². The Morgan fingerprint density at radius 1 is 1.37 bits per heavy atom. The van der Waals surface area contributed by atoms with Crippen LogP contribution in [0, 0.1) is 17.0 Å². The van der Waals surface area contributed by atoms with E-state index in [9.17, 15) is 10.1 Å². The molecule has 1 aromatic carbocycles. The van der Waals surface area contributed by atoms with Crippen molar-refractivity contribution >= 4 is 34.5 Å². The second-order valence-corrected chi connectivity index (χ2v) is 4.45. The van der Waals surface area contributed by atoms with Crippen LogP contribution in [0.15, 0.2) is 30.3 Å². The molecule has 19 heavy (non-hydrogen) atoms. The summed E-state index contributed by atoms with van der Waals surface area (Å²) in [4.78, 5) is 13.2. The molecule has 0 bridgehead atoms. The quantitative estimate of drug-likeness (QED) is 0.513. The number of aryl methyl sites for hydroxylation is 1. The Morgan fingerprint density at radius 2 is 2.00 bits per heavy atom. The fourth-order valence-electron chi connectivity index (χ4n) is 1.63. The first-order chi connectivity index (χ1) is 8.97. The number of pyridine rings is 1. The number of nitrogens with one attached hydrogen (secondary N) is 2. The third kappa shape index (κ3) is 2.92. The average Bonchev–Trinajstić information content (AvgIpc) is 2.30. The molecule has 0 atom stereocenters. The van der Waals surface area contributed by atoms with Gasteiger partial charge in [-0.1, -0.05) is 17.7 Å². The molecule has 0 aliphatic rings. The van der Waals surface area contributed by atoms with Crippen molar-refractivity contribution in [2.24, 2.45) is 0 Å². The lowest BCUT2D eigenvalue weighted by Gasteiger charge is -2.02. The van der Waals surface area contributed by atoms with Gasteiger partial charge in [0, 0.05) is 6.07 Å². The van der Waals surface area contributed by atoms with E-state index in [1.165, 1.54) is 6.07 Å². The second-order valence-electron chi connectivity index (χ2n) is 4.04. The number of nitrogens with two attached hydrogens (primary N) is 1. The van der Waals surface area contributed by atoms with E-state index in [1.807, 2.05) is 31.2 Å². The number of nitro groups is 1. The normalized spacial score (nSPS) is 10.2. The van der Waals surface area contributed by atoms with Crippen LogP contribution in [0.2, 0.25) is 5.15 Å². The Balaban J connectivity index is 2.44. The van der Waals surface area contributed by atoms with E-state index in [-0.39, 0.29) is 22.3 Å². The minimum absolute atomic E-state index is 0.00311. The SMILES string of the molecule is Cc1ccc(Nc2[nH+]c(Cl)cc(N)c2[N+](=O)[O-])cc1. The summed E-state index contributed by atoms with van der Waals surface area (Å²) < 4.78 is 0. The summed E-state index contributed by atoms with van der Waals surface area (Å²) in [5, 5.41) is 14.1. The lowest BCUT2D eigenvalue weighted by Crippen LogP contribution is -2.15. The summed E-state index contributed by atoms with van der Waals surface area (Å²) in [5.41, 5.74) is 7.18. The molecule has 0 saturated carbocycles. The van der Waals surface area contributed by atoms with Gasteiger partial charge in [-0.3, -0.25) is 10.1 Å². The van der Waals surface area contributed by atoms with Crippen molar-refractivity contribution in [1.82, 2.24) is 0 Å². The van der Waals surface area contributed by atoms with Gasteiger partial charge in [0.1, 0.15) is 11.4 Å². The van der Waals surface area contributed by atoms with E-state index < -0.39 is 4.92 Å². The van der Waals surface area contributed by atoms with Gasteiger partial charge in [-0.25, -0.2) is 10.3 Å². The molecule has 7 heteroatoms. The summed E-state index contributed by atoms with van der Waals surface area (Å²) in [5.74, 6) is 0.152. The minimum Gasteiger partial charge on any atom is -0.393 e. The van der Waals surface area contributed by atoms with Crippen molar-refractivity contribution in [3.8, 4) is 0 Å². The van der Waals surface area contributed by atoms with Gasteiger partial charge in [-0.05, 0) is 30.7 Å². The highest BCUT2D eigenvalue weighted by molar-refractivity contribution is 6.28. The number of anilines is 3. The zero-order valence-corrected chi connectivity index (χ0v) is 10.9. The van der Waals surface area contributed by atoms with Crippen molar-refractivity contribution in [2.75, 3.05) is 11.1 Å². The van der Waals surface area contributed by atoms with E-state index >= 15 is 0 Å². The summed E-state index contributed by atoms with van der Waals surface area (Å²) in [6, 6.07) is 8.71. The molecule has 0 radical (unpaired) electrons. The third-order valence-corrected chi connectivity index (χ3v) is 2.74. The molecule has 0 spiro atoms. The Labute approximate surface area is 114 Å². The van der Waals surface area contributed by atoms with Crippen molar-refractivity contribution < 1.29 is 9.91 Å². The maximum atomic E-state index is 11.0. The molecule has 4 N–H and O–H groups in total. The van der Waals surface area contributed by atoms with Gasteiger partial charge >= 0.3 is 11.5 Å². The zero-order valence-electron chi connectivity index (χ0n) is 10.1. The number of H-pyrrole nitrogens is 1. The Bertz CT molecular complexity index is 628. The van der Waals surface area contributed by atoms with Crippen molar-refractivity contribution in [2.45, 2.75) is 6.92 Å². The molecule has 1 aromatic heterocycles. The predicted octanol–water partition coefficient (Wildman–Crippen LogP) is 2.70. The number of hydrogen-bond donors (Lipinski definition) is 2. The summed E-state index contributed by atoms with van der Waals surface area (Å²) in [6.45, 7) is 1.95. The number of halogens is 1. The Morgan fingerprint density at radius 3 is 2.58 bits per heavy atom. The lowest BCUT2D eigenvalue weighted by molar-refractivity contribution is -0.407. The van der Waals surface area contributed by atoms with Gasteiger partial charge in [-0.15, -0.1) is 0 Å². The van der Waals surface area contributed by atoms with Crippen LogP contribution < -0.4 is 16.0 Å². The summed E-state index contributed by atoms with van der Waals surface area (Å²) in [6.07, 6.45) is 0. The minimum atomic E-state index is -0.557. The molecule has 6 nitrogen and oxygen atoms in total. The molecule has 1 heterocycles. The van der Waals surface area contributed by atoms with Crippen molar-refractivity contribution in [3.63, 3.8) is 0 Å². The van der Waals surface area contributed by atoms with Crippen LogP contribution in [0.1, 0.15) is 5.56 Å². The fourth-order valence-corrected chi connectivity index (χ4v) is 1.84. The molecular formula is C12H12ClN4O2+. The maximum absolute atomic E-state index is 11.0. The molecule has 0 saturated heterocycles. The number of aromatic amines is 1. The van der Waals surface area contributed by atoms with Gasteiger partial charge in [0.05, 0.1) is 4.92 Å². The van der Waals surface area contributed by atoms with E-state index in [4.69, 9.17) is 17.3 Å². The first kappa shape index (κ1) is 13.1. The Hall–Kier alpha value is -2.34. The van der Waals surface area contributed by atoms with Crippen LogP contribution in [-0.2, 0) is 0 Å². The van der Waals surface area contributed by atoms with E-state index in [0.717, 1.165) is 5.56 Å². The molecule has 2 aromatic rings. The predicted molar refractivity (Wildman–Crippen MR) is 73.5 cm³/mol. The highest BCUT2D eigenvalue weighted by Gasteiger charge is 2.26. The standard InChI is InChI=1S/C12H11ClN4O2/c1-7-2-4-8(5-3-7)15-12-11(17(18)19)9(14)6-10(13)16-12/h2-6H,1H3,(H3,14,15,16)/p+1. The Kier molecular flexibility index (Phi) is 3.52. The third-order valence-electron chi connectivity index (χ3n) is 2.54. The molecular weight excluding hydrogens is 268 g/mol. The highest BCUT2D eigenvalue weighted by atomic mass is 35.5. The molecule has 0 amide bonds. The number of hydrogen-bond acceptors (Lipinski definition) is 4. The van der Waals surface area contributed by atoms with E-state index in [2.05, 4.69) is 10.3 Å². The van der Waals surface area contributed by atoms with Crippen molar-refractivity contribution in [1.29, 1.82) is 0 Å². The van der Waals surface area contributed by atoms with Crippen LogP contribution in [0.3, 0.4) is 0 Å². The molecule has 98 valence electrons. The van der Waals surface area contributed by atoms with Gasteiger partial charge in [0.15, 0.2) is 5.15 Å². The molecule has 0 aliphatic carbocycles. The number of aromatic nitrogens is 1. The molecule has 0 fully saturated rings.